The Morgan fingerprint density at radius 1 is 0.683 bits per heavy atom. The van der Waals surface area contributed by atoms with Crippen LogP contribution in [-0.4, -0.2) is 156 Å². The topological polar surface area (TPSA) is 316 Å². The van der Waals surface area contributed by atoms with Gasteiger partial charge in [0.2, 0.25) is 16.6 Å². The number of aliphatic hydroxyl groups is 2. The number of anilines is 2. The van der Waals surface area contributed by atoms with E-state index in [1.54, 1.807) is 45.8 Å². The fraction of sp³-hybridized carbons (Fsp3) is 0.548. The highest BCUT2D eigenvalue weighted by Crippen LogP contribution is 2.67. The van der Waals surface area contributed by atoms with Gasteiger partial charge >= 0.3 is 29.6 Å². The molecule has 2 N–H and O–H groups in total. The van der Waals surface area contributed by atoms with Crippen molar-refractivity contribution in [2.45, 2.75) is 148 Å². The Bertz CT molecular complexity index is 4500. The summed E-state index contributed by atoms with van der Waals surface area (Å²) in [7, 11) is 2.71. The molecule has 6 aliphatic carbocycles. The number of aliphatic hydroxyl groups excluding tert-OH is 1. The molecule has 14 rings (SSSR count). The smallest absolute Gasteiger partial charge is 0.492 e. The van der Waals surface area contributed by atoms with Crippen LogP contribution in [0.4, 0.5) is 20.2 Å². The van der Waals surface area contributed by atoms with Crippen molar-refractivity contribution in [1.29, 1.82) is 0 Å². The predicted octanol–water partition coefficient (Wildman–Crippen LogP) is 7.16. The van der Waals surface area contributed by atoms with E-state index in [0.29, 0.717) is 107 Å². The molecule has 2 saturated heterocycles. The zero-order chi connectivity index (χ0) is 71.6. The van der Waals surface area contributed by atoms with E-state index in [0.717, 1.165) is 17.7 Å². The van der Waals surface area contributed by atoms with Crippen molar-refractivity contribution in [2.24, 2.45) is 34.5 Å². The number of pyridine rings is 2. The monoisotopic (exact) mass is 1400 g/mol. The largest absolute Gasteiger partial charge is 0.519 e. The van der Waals surface area contributed by atoms with E-state index in [9.17, 15) is 53.4 Å². The number of fused-ring (bicyclic) bond motifs is 7. The summed E-state index contributed by atoms with van der Waals surface area (Å²) in [6.45, 7) is 10.6. The third-order valence-electron chi connectivity index (χ3n) is 23.3. The zero-order valence-corrected chi connectivity index (χ0v) is 57.6. The van der Waals surface area contributed by atoms with E-state index in [4.69, 9.17) is 41.4 Å². The molecule has 6 aromatic rings. The van der Waals surface area contributed by atoms with E-state index in [1.807, 2.05) is 26.8 Å². The van der Waals surface area contributed by atoms with Crippen LogP contribution < -0.4 is 41.8 Å². The number of carbonyl (C=O) groups excluding carboxylic acids is 5. The van der Waals surface area contributed by atoms with Crippen LogP contribution >= 0.6 is 0 Å². The van der Waals surface area contributed by atoms with Gasteiger partial charge in [-0.25, -0.2) is 28.0 Å². The second-order valence-corrected chi connectivity index (χ2v) is 29.2. The van der Waals surface area contributed by atoms with Gasteiger partial charge in [-0.1, -0.05) is 25.5 Å². The summed E-state index contributed by atoms with van der Waals surface area (Å²) < 4.78 is 86.9. The first-order chi connectivity index (χ1) is 48.1. The molecule has 8 aliphatic rings. The van der Waals surface area contributed by atoms with E-state index in [2.05, 4.69) is 9.80 Å². The highest BCUT2D eigenvalue weighted by Gasteiger charge is 2.68. The van der Waals surface area contributed by atoms with Crippen molar-refractivity contribution in [2.75, 3.05) is 83.1 Å². The number of aromatic nitrogens is 2. The number of ether oxygens (including phenoxy) is 5. The lowest BCUT2D eigenvalue weighted by Gasteiger charge is -2.59. The first kappa shape index (κ1) is 69.1. The summed E-state index contributed by atoms with van der Waals surface area (Å²) in [5, 5.41) is 24.3. The molecule has 7 fully saturated rings. The van der Waals surface area contributed by atoms with Gasteiger partial charge in [-0.05, 0) is 122 Å². The molecule has 6 heterocycles. The van der Waals surface area contributed by atoms with Crippen LogP contribution in [0.2, 0.25) is 0 Å². The van der Waals surface area contributed by atoms with Crippen molar-refractivity contribution >= 4 is 62.7 Å². The van der Waals surface area contributed by atoms with Gasteiger partial charge in [0.1, 0.15) is 58.8 Å². The molecule has 2 aliphatic heterocycles. The quantitative estimate of drug-likeness (QED) is 0.0565. The minimum atomic E-state index is -2.10. The van der Waals surface area contributed by atoms with Gasteiger partial charge in [-0.15, -0.1) is 0 Å². The first-order valence-electron chi connectivity index (χ1n) is 34.6. The van der Waals surface area contributed by atoms with Crippen molar-refractivity contribution in [3.05, 3.63) is 136 Å². The number of hydrogen-bond acceptors (Lipinski definition) is 24. The summed E-state index contributed by atoms with van der Waals surface area (Å²) in [6.07, 6.45) is 10.7. The molecule has 9 atom stereocenters. The molecule has 101 heavy (non-hydrogen) atoms. The van der Waals surface area contributed by atoms with Crippen LogP contribution in [0.3, 0.4) is 0 Å². The molecule has 28 heteroatoms. The molecule has 5 saturated carbocycles. The van der Waals surface area contributed by atoms with Crippen LogP contribution in [0, 0.1) is 60.0 Å². The number of allylic oxidation sites excluding steroid dienone is 4. The number of carbonyl (C=O) groups is 5. The van der Waals surface area contributed by atoms with Gasteiger partial charge in [0.25, 0.3) is 0 Å². The van der Waals surface area contributed by atoms with Crippen molar-refractivity contribution in [1.82, 2.24) is 18.9 Å². The van der Waals surface area contributed by atoms with Crippen LogP contribution in [0.25, 0.3) is 21.8 Å². The molecule has 2 aromatic carbocycles. The highest BCUT2D eigenvalue weighted by atomic mass is 19.1. The van der Waals surface area contributed by atoms with Gasteiger partial charge in [0.15, 0.2) is 47.0 Å². The minimum Gasteiger partial charge on any atom is -0.492 e. The number of esters is 3. The van der Waals surface area contributed by atoms with Gasteiger partial charge in [0, 0.05) is 92.6 Å². The molecule has 3 unspecified atom stereocenters. The van der Waals surface area contributed by atoms with Gasteiger partial charge in [-0.2, -0.15) is 0 Å². The number of nitrogens with zero attached hydrogens (tertiary/aromatic N) is 6. The number of rotatable bonds is 20. The molecule has 0 amide bonds. The number of methoxy groups -OCH3 is 2. The maximum Gasteiger partial charge on any atom is 0.519 e. The average Bonchev–Trinajstić information content (AvgIpc) is 1.57. The second-order valence-electron chi connectivity index (χ2n) is 29.2. The average molecular weight is 1400 g/mol. The summed E-state index contributed by atoms with van der Waals surface area (Å²) in [5.74, 6) is -8.95. The number of benzene rings is 2. The Morgan fingerprint density at radius 3 is 1.62 bits per heavy atom. The van der Waals surface area contributed by atoms with Crippen molar-refractivity contribution in [3.8, 4) is 11.5 Å². The Morgan fingerprint density at radius 2 is 1.18 bits per heavy atom. The molecular weight excluding hydrogens is 1320 g/mol. The molecule has 0 spiro atoms. The SMILES string of the molecule is COc1c(N2CCN(Cc3oc(=O)oc3C)C(C)C2)c(F)cc2c(=O)c(C(=O)OCC(COC(=O)c3cn(C4CC4)c4c(OC)c(N5CCN(Cc6oc(=O)oc6C)C(C)C5)c(F)cc4c3=O)C(=O)OCC(=O)[C@@]3(O)CC[C@H]4[C@@H]5CCC6=CC(=O)C=C[C@]6(C)C5[C@@H](O)C[C@@]43C)cn(C3CC3)c12. The number of Topliss-reactive ketones (excluding diaryl/α,β-unsaturated/α-hetero) is 1. The standard InChI is InChI=1S/C73H82F2N6O20/c1-36-27-78(21-19-76(36)31-54-38(3)98-69(90)100-54)60-51(74)24-46-58(64(60)93-7)80(42-10-11-42)29-48(62(46)85)67(88)95-33-40(66(87)97-35-56(84)73(92)18-16-50-45-14-9-41-23-44(82)15-17-71(41,5)57(45)53(83)26-72(50,73)6)34-96-68(89)49-30-81(43-12-13-43)59-47(63(49)86)25-52(75)61(65(59)94-8)79-22-20-77(37(2)28-79)32-55-39(4)99-70(91)101-55/h15,17,23-25,29-30,36-37,40,42-43,45,50,53,57,83,92H,9-14,16,18-22,26-28,31-35H2,1-8H3/t36?,37?,40?,45-,50-,53-,57?,71-,72-,73-/m0/s1. The maximum atomic E-state index is 16.9. The third-order valence-corrected chi connectivity index (χ3v) is 23.3. The second kappa shape index (κ2) is 26.1. The number of piperazine rings is 2. The molecule has 4 aromatic heterocycles. The van der Waals surface area contributed by atoms with Gasteiger partial charge in [-0.3, -0.25) is 33.8 Å². The number of hydrogen-bond donors (Lipinski definition) is 2. The Labute approximate surface area is 576 Å². The zero-order valence-electron chi connectivity index (χ0n) is 57.6. The number of halogens is 2. The number of aryl methyl sites for hydroxylation is 2. The van der Waals surface area contributed by atoms with Gasteiger partial charge < -0.3 is 70.5 Å². The van der Waals surface area contributed by atoms with Crippen LogP contribution in [0.5, 0.6) is 11.5 Å². The van der Waals surface area contributed by atoms with E-state index < -0.39 is 117 Å². The van der Waals surface area contributed by atoms with Crippen molar-refractivity contribution < 1.29 is 84.3 Å². The predicted molar refractivity (Wildman–Crippen MR) is 357 cm³/mol. The van der Waals surface area contributed by atoms with E-state index in [1.165, 1.54) is 32.7 Å². The fourth-order valence-corrected chi connectivity index (χ4v) is 17.6. The lowest BCUT2D eigenvalue weighted by molar-refractivity contribution is -0.182. The summed E-state index contributed by atoms with van der Waals surface area (Å²) in [5.41, 5.74) is -5.34. The first-order valence-corrected chi connectivity index (χ1v) is 34.6. The van der Waals surface area contributed by atoms with Crippen LogP contribution in [-0.2, 0) is 41.7 Å². The molecule has 26 nitrogen and oxygen atoms in total. The van der Waals surface area contributed by atoms with Crippen LogP contribution in [0.15, 0.2) is 85.2 Å². The maximum absolute atomic E-state index is 16.9. The molecule has 0 radical (unpaired) electrons. The van der Waals surface area contributed by atoms with Gasteiger partial charge in [0.05, 0.1) is 55.2 Å². The van der Waals surface area contributed by atoms with Crippen molar-refractivity contribution in [3.63, 3.8) is 0 Å². The van der Waals surface area contributed by atoms with E-state index >= 15 is 8.78 Å². The normalized spacial score (nSPS) is 27.0. The lowest BCUT2D eigenvalue weighted by atomic mass is 9.46. The summed E-state index contributed by atoms with van der Waals surface area (Å²) >= 11 is 0. The third kappa shape index (κ3) is 12.0. The fourth-order valence-electron chi connectivity index (χ4n) is 17.6. The Hall–Kier alpha value is -8.99. The van der Waals surface area contributed by atoms with E-state index in [-0.39, 0.29) is 118 Å². The molecular formula is C73H82F2N6O20. The number of ketones is 2. The lowest BCUT2D eigenvalue weighted by Crippen LogP contribution is -2.61. The summed E-state index contributed by atoms with van der Waals surface area (Å²) in [6, 6.07) is 1.17. The summed E-state index contributed by atoms with van der Waals surface area (Å²) in [4.78, 5) is 132. The van der Waals surface area contributed by atoms with Crippen LogP contribution in [0.1, 0.15) is 141 Å². The Balaban J connectivity index is 0.735. The highest BCUT2D eigenvalue weighted by molar-refractivity contribution is 6.02. The Kier molecular flexibility index (Phi) is 17.9. The molecule has 0 bridgehead atoms. The minimum absolute atomic E-state index is 0.0196. The molecule has 538 valence electrons.